The number of methoxy groups -OCH3 is 1. The normalized spacial score (nSPS) is 10.8. The van der Waals surface area contributed by atoms with E-state index < -0.39 is 5.91 Å². The largest absolute Gasteiger partial charge is 0.497 e. The third kappa shape index (κ3) is 6.11. The van der Waals surface area contributed by atoms with Gasteiger partial charge in [-0.25, -0.2) is 0 Å². The molecule has 0 atom stereocenters. The third-order valence-corrected chi connectivity index (χ3v) is 5.35. The van der Waals surface area contributed by atoms with Crippen LogP contribution in [0.3, 0.4) is 0 Å². The van der Waals surface area contributed by atoms with Crippen molar-refractivity contribution in [3.05, 3.63) is 92.9 Å². The van der Waals surface area contributed by atoms with Crippen LogP contribution in [0.25, 0.3) is 6.08 Å². The first-order chi connectivity index (χ1) is 15.0. The number of rotatable bonds is 7. The first-order valence-corrected chi connectivity index (χ1v) is 10.4. The molecule has 5 nitrogen and oxygen atoms in total. The average molecular weight is 498 g/mol. The number of anilines is 1. The van der Waals surface area contributed by atoms with Crippen molar-refractivity contribution in [2.24, 2.45) is 0 Å². The van der Waals surface area contributed by atoms with Gasteiger partial charge in [0.1, 0.15) is 29.7 Å². The summed E-state index contributed by atoms with van der Waals surface area (Å²) in [5, 5.41) is 12.8. The second-order valence-corrected chi connectivity index (χ2v) is 7.71. The Morgan fingerprint density at radius 3 is 2.58 bits per heavy atom. The van der Waals surface area contributed by atoms with E-state index in [0.717, 1.165) is 10.0 Å². The summed E-state index contributed by atoms with van der Waals surface area (Å²) < 4.78 is 12.2. The van der Waals surface area contributed by atoms with Crippen LogP contribution in [0.2, 0.25) is 5.02 Å². The molecule has 0 aliphatic rings. The van der Waals surface area contributed by atoms with Crippen LogP contribution in [0, 0.1) is 11.3 Å². The van der Waals surface area contributed by atoms with Crippen molar-refractivity contribution in [1.29, 1.82) is 5.26 Å². The van der Waals surface area contributed by atoms with Crippen molar-refractivity contribution >= 4 is 45.2 Å². The Kier molecular flexibility index (Phi) is 7.71. The number of nitrogens with zero attached hydrogens (tertiary/aromatic N) is 1. The molecule has 3 aromatic rings. The predicted octanol–water partition coefficient (Wildman–Crippen LogP) is 6.24. The number of halogens is 2. The van der Waals surface area contributed by atoms with E-state index in [4.69, 9.17) is 21.1 Å². The average Bonchev–Trinajstić information content (AvgIpc) is 2.78. The van der Waals surface area contributed by atoms with Gasteiger partial charge in [-0.2, -0.15) is 5.26 Å². The zero-order valence-electron chi connectivity index (χ0n) is 16.6. The number of nitriles is 1. The van der Waals surface area contributed by atoms with E-state index >= 15 is 0 Å². The van der Waals surface area contributed by atoms with Gasteiger partial charge in [-0.05, 0) is 48.5 Å². The van der Waals surface area contributed by atoms with Crippen LogP contribution in [0.4, 0.5) is 5.69 Å². The summed E-state index contributed by atoms with van der Waals surface area (Å²) >= 11 is 9.37. The van der Waals surface area contributed by atoms with Gasteiger partial charge in [0.25, 0.3) is 5.91 Å². The Bertz CT molecular complexity index is 1150. The van der Waals surface area contributed by atoms with Crippen LogP contribution >= 0.6 is 27.5 Å². The van der Waals surface area contributed by atoms with Crippen molar-refractivity contribution in [1.82, 2.24) is 0 Å². The summed E-state index contributed by atoms with van der Waals surface area (Å²) in [4.78, 5) is 12.6. The third-order valence-electron chi connectivity index (χ3n) is 4.33. The summed E-state index contributed by atoms with van der Waals surface area (Å²) in [5.41, 5.74) is 2.01. The Morgan fingerprint density at radius 1 is 1.16 bits per heavy atom. The number of amides is 1. The molecular weight excluding hydrogens is 480 g/mol. The van der Waals surface area contributed by atoms with Crippen LogP contribution in [-0.2, 0) is 11.4 Å². The van der Waals surface area contributed by atoms with E-state index in [1.54, 1.807) is 49.6 Å². The maximum Gasteiger partial charge on any atom is 0.266 e. The van der Waals surface area contributed by atoms with Crippen LogP contribution < -0.4 is 14.8 Å². The van der Waals surface area contributed by atoms with Gasteiger partial charge in [0.15, 0.2) is 0 Å². The highest BCUT2D eigenvalue weighted by atomic mass is 79.9. The molecule has 0 radical (unpaired) electrons. The van der Waals surface area contributed by atoms with Gasteiger partial charge >= 0.3 is 0 Å². The minimum Gasteiger partial charge on any atom is -0.497 e. The Balaban J connectivity index is 1.86. The molecule has 0 fully saturated rings. The molecule has 0 bridgehead atoms. The highest BCUT2D eigenvalue weighted by Gasteiger charge is 2.13. The lowest BCUT2D eigenvalue weighted by Crippen LogP contribution is -2.13. The summed E-state index contributed by atoms with van der Waals surface area (Å²) in [5.74, 6) is 0.558. The number of nitrogens with one attached hydrogen (secondary N) is 1. The Labute approximate surface area is 194 Å². The minimum atomic E-state index is -0.530. The molecule has 31 heavy (non-hydrogen) atoms. The molecule has 1 N–H and O–H groups in total. The van der Waals surface area contributed by atoms with Crippen LogP contribution in [-0.4, -0.2) is 13.0 Å². The quantitative estimate of drug-likeness (QED) is 0.310. The fourth-order valence-electron chi connectivity index (χ4n) is 2.69. The van der Waals surface area contributed by atoms with Crippen molar-refractivity contribution in [2.45, 2.75) is 6.61 Å². The van der Waals surface area contributed by atoms with Gasteiger partial charge in [-0.15, -0.1) is 0 Å². The Morgan fingerprint density at radius 2 is 1.90 bits per heavy atom. The molecule has 1 amide bonds. The van der Waals surface area contributed by atoms with E-state index in [0.29, 0.717) is 34.4 Å². The van der Waals surface area contributed by atoms with Crippen LogP contribution in [0.1, 0.15) is 11.1 Å². The lowest BCUT2D eigenvalue weighted by Gasteiger charge is -2.12. The first-order valence-electron chi connectivity index (χ1n) is 9.23. The fraction of sp³-hybridized carbons (Fsp3) is 0.0833. The van der Waals surface area contributed by atoms with Crippen molar-refractivity contribution < 1.29 is 14.3 Å². The summed E-state index contributed by atoms with van der Waals surface area (Å²) in [6.07, 6.45) is 1.49. The van der Waals surface area contributed by atoms with Gasteiger partial charge in [-0.1, -0.05) is 45.7 Å². The molecule has 156 valence electrons. The molecule has 0 aromatic heterocycles. The molecule has 0 aliphatic heterocycles. The first kappa shape index (κ1) is 22.4. The molecule has 7 heteroatoms. The van der Waals surface area contributed by atoms with Crippen LogP contribution in [0.15, 0.2) is 76.8 Å². The molecule has 3 aromatic carbocycles. The number of ether oxygens (including phenoxy) is 2. The number of carbonyl (C=O) groups excluding carboxylic acids is 1. The van der Waals surface area contributed by atoms with E-state index in [-0.39, 0.29) is 5.57 Å². The molecule has 0 aliphatic carbocycles. The lowest BCUT2D eigenvalue weighted by molar-refractivity contribution is -0.112. The number of hydrogen-bond acceptors (Lipinski definition) is 4. The van der Waals surface area contributed by atoms with Crippen molar-refractivity contribution in [2.75, 3.05) is 12.4 Å². The number of benzene rings is 3. The number of carbonyl (C=O) groups is 1. The second-order valence-electron chi connectivity index (χ2n) is 6.41. The topological polar surface area (TPSA) is 71.3 Å². The highest BCUT2D eigenvalue weighted by molar-refractivity contribution is 9.10. The van der Waals surface area contributed by atoms with Crippen molar-refractivity contribution in [3.8, 4) is 17.6 Å². The maximum atomic E-state index is 12.6. The van der Waals surface area contributed by atoms with Crippen LogP contribution in [0.5, 0.6) is 11.5 Å². The van der Waals surface area contributed by atoms with E-state index in [2.05, 4.69) is 21.2 Å². The molecule has 0 spiro atoms. The molecule has 0 unspecified atom stereocenters. The predicted molar refractivity (Wildman–Crippen MR) is 125 cm³/mol. The van der Waals surface area contributed by atoms with E-state index in [1.165, 1.54) is 6.08 Å². The smallest absolute Gasteiger partial charge is 0.266 e. The number of hydrogen-bond donors (Lipinski definition) is 1. The molecule has 0 saturated heterocycles. The van der Waals surface area contributed by atoms with Gasteiger partial charge in [-0.3, -0.25) is 4.79 Å². The maximum absolute atomic E-state index is 12.6. The van der Waals surface area contributed by atoms with Gasteiger partial charge in [0, 0.05) is 32.4 Å². The lowest BCUT2D eigenvalue weighted by atomic mass is 10.1. The molecule has 0 heterocycles. The molecular formula is C24H18BrClN2O3. The monoisotopic (exact) mass is 496 g/mol. The van der Waals surface area contributed by atoms with E-state index in [1.807, 2.05) is 30.3 Å². The minimum absolute atomic E-state index is 0.0640. The Hall–Kier alpha value is -3.27. The molecule has 3 rings (SSSR count). The summed E-state index contributed by atoms with van der Waals surface area (Å²) in [6, 6.07) is 21.5. The highest BCUT2D eigenvalue weighted by Crippen LogP contribution is 2.29. The van der Waals surface area contributed by atoms with Gasteiger partial charge in [0.2, 0.25) is 0 Å². The van der Waals surface area contributed by atoms with Gasteiger partial charge in [0.05, 0.1) is 7.11 Å². The summed E-state index contributed by atoms with van der Waals surface area (Å²) in [7, 11) is 1.56. The fourth-order valence-corrected chi connectivity index (χ4v) is 3.22. The zero-order chi connectivity index (χ0) is 22.2. The van der Waals surface area contributed by atoms with Gasteiger partial charge < -0.3 is 14.8 Å². The SMILES string of the molecule is COc1ccc(/C=C(\C#N)C(=O)Nc2ccc(Cl)cc2)c(OCc2ccccc2Br)c1. The molecule has 0 saturated carbocycles. The van der Waals surface area contributed by atoms with Crippen molar-refractivity contribution in [3.63, 3.8) is 0 Å². The second kappa shape index (κ2) is 10.7. The standard InChI is InChI=1S/C24H18BrClN2O3/c1-30-21-11-6-16(23(13-21)31-15-17-4-2-3-5-22(17)25)12-18(14-27)24(29)28-20-9-7-19(26)8-10-20/h2-13H,15H2,1H3,(H,28,29)/b18-12+. The van der Waals surface area contributed by atoms with E-state index in [9.17, 15) is 10.1 Å². The zero-order valence-corrected chi connectivity index (χ0v) is 18.9. The summed E-state index contributed by atoms with van der Waals surface area (Å²) in [6.45, 7) is 0.300.